The molecule has 0 bridgehead atoms. The molecule has 3 unspecified atom stereocenters. The van der Waals surface area contributed by atoms with Gasteiger partial charge in [-0.25, -0.2) is 0 Å². The summed E-state index contributed by atoms with van der Waals surface area (Å²) in [5, 5.41) is 2.49. The molecule has 3 heteroatoms. The van der Waals surface area contributed by atoms with Crippen LogP contribution in [0.3, 0.4) is 0 Å². The molecule has 1 saturated carbocycles. The molecule has 1 heterocycles. The molecule has 0 aromatic heterocycles. The van der Waals surface area contributed by atoms with Crippen LogP contribution in [0.5, 0.6) is 0 Å². The highest BCUT2D eigenvalue weighted by Crippen LogP contribution is 2.55. The minimum absolute atomic E-state index is 0.417. The monoisotopic (exact) mass is 399 g/mol. The molecule has 3 aromatic rings. The zero-order valence-corrected chi connectivity index (χ0v) is 18.3. The van der Waals surface area contributed by atoms with Crippen molar-refractivity contribution in [2.45, 2.75) is 50.7 Å². The minimum atomic E-state index is -0.417. The first kappa shape index (κ1) is 19.7. The van der Waals surface area contributed by atoms with E-state index in [1.165, 1.54) is 34.7 Å². The van der Waals surface area contributed by atoms with E-state index in [9.17, 15) is 0 Å². The molecule has 1 aliphatic carbocycles. The van der Waals surface area contributed by atoms with E-state index in [0.29, 0.717) is 23.8 Å². The van der Waals surface area contributed by atoms with Gasteiger partial charge < -0.3 is 11.5 Å². The SMILES string of the molecule is CC(C)C1c2cc(C3CC3c3ccc4cc(C(N)N)ccc4c3)ccc2CCN1C. The molecule has 0 saturated heterocycles. The van der Waals surface area contributed by atoms with Crippen molar-refractivity contribution in [3.05, 3.63) is 82.4 Å². The summed E-state index contributed by atoms with van der Waals surface area (Å²) in [4.78, 5) is 2.53. The van der Waals surface area contributed by atoms with E-state index in [-0.39, 0.29) is 0 Å². The Balaban J connectivity index is 1.41. The first-order chi connectivity index (χ1) is 14.4. The molecule has 1 aliphatic heterocycles. The summed E-state index contributed by atoms with van der Waals surface area (Å²) >= 11 is 0. The average Bonchev–Trinajstić information content (AvgIpc) is 3.53. The quantitative estimate of drug-likeness (QED) is 0.592. The largest absolute Gasteiger partial charge is 0.312 e. The van der Waals surface area contributed by atoms with Crippen molar-refractivity contribution in [3.63, 3.8) is 0 Å². The summed E-state index contributed by atoms with van der Waals surface area (Å²) in [7, 11) is 2.28. The van der Waals surface area contributed by atoms with Gasteiger partial charge in [0.1, 0.15) is 0 Å². The summed E-state index contributed by atoms with van der Waals surface area (Å²) in [6.07, 6.45) is 2.00. The number of fused-ring (bicyclic) bond motifs is 2. The van der Waals surface area contributed by atoms with Crippen LogP contribution in [0.4, 0.5) is 0 Å². The molecular weight excluding hydrogens is 366 g/mol. The summed E-state index contributed by atoms with van der Waals surface area (Å²) in [5.74, 6) is 1.90. The van der Waals surface area contributed by atoms with E-state index in [0.717, 1.165) is 12.1 Å². The maximum Gasteiger partial charge on any atom is 0.0784 e. The van der Waals surface area contributed by atoms with Gasteiger partial charge in [0.15, 0.2) is 0 Å². The van der Waals surface area contributed by atoms with Gasteiger partial charge >= 0.3 is 0 Å². The first-order valence-electron chi connectivity index (χ1n) is 11.3. The number of hydrogen-bond donors (Lipinski definition) is 2. The van der Waals surface area contributed by atoms with Crippen LogP contribution in [0.2, 0.25) is 0 Å². The second-order valence-corrected chi connectivity index (χ2v) is 9.72. The van der Waals surface area contributed by atoms with Gasteiger partial charge in [0.2, 0.25) is 0 Å². The Morgan fingerprint density at radius 2 is 1.53 bits per heavy atom. The van der Waals surface area contributed by atoms with Crippen LogP contribution in [0, 0.1) is 5.92 Å². The number of benzene rings is 3. The predicted molar refractivity (Wildman–Crippen MR) is 126 cm³/mol. The van der Waals surface area contributed by atoms with Gasteiger partial charge in [-0.3, -0.25) is 4.90 Å². The molecule has 3 atom stereocenters. The molecule has 0 spiro atoms. The standard InChI is InChI=1S/C27H33N3/c1-16(2)26-25-14-21(7-4-17(25)10-11-30(26)3)24-15-23(24)20-8-5-19-13-22(27(28)29)9-6-18(19)12-20/h4-9,12-14,16,23-24,26-27H,10-11,15,28-29H2,1-3H3. The van der Waals surface area contributed by atoms with Gasteiger partial charge in [0.05, 0.1) is 6.17 Å². The van der Waals surface area contributed by atoms with Crippen LogP contribution in [0.15, 0.2) is 54.6 Å². The Kier molecular flexibility index (Phi) is 4.93. The van der Waals surface area contributed by atoms with Gasteiger partial charge in [-0.1, -0.05) is 62.4 Å². The lowest BCUT2D eigenvalue weighted by atomic mass is 9.85. The van der Waals surface area contributed by atoms with E-state index < -0.39 is 6.17 Å². The van der Waals surface area contributed by atoms with Crippen molar-refractivity contribution >= 4 is 10.8 Å². The average molecular weight is 400 g/mol. The summed E-state index contributed by atoms with van der Waals surface area (Å²) in [6.45, 7) is 5.86. The number of rotatable bonds is 4. The highest BCUT2D eigenvalue weighted by molar-refractivity contribution is 5.84. The fourth-order valence-electron chi connectivity index (χ4n) is 5.54. The zero-order valence-electron chi connectivity index (χ0n) is 18.3. The Bertz CT molecular complexity index is 1080. The van der Waals surface area contributed by atoms with Gasteiger partial charge in [-0.05, 0) is 82.3 Å². The van der Waals surface area contributed by atoms with Crippen molar-refractivity contribution in [1.82, 2.24) is 4.90 Å². The van der Waals surface area contributed by atoms with Crippen molar-refractivity contribution in [3.8, 4) is 0 Å². The Hall–Kier alpha value is -2.20. The third-order valence-corrected chi connectivity index (χ3v) is 7.25. The van der Waals surface area contributed by atoms with Gasteiger partial charge in [-0.15, -0.1) is 0 Å². The highest BCUT2D eigenvalue weighted by Gasteiger charge is 2.40. The lowest BCUT2D eigenvalue weighted by molar-refractivity contribution is 0.181. The third kappa shape index (κ3) is 3.45. The minimum Gasteiger partial charge on any atom is -0.312 e. The lowest BCUT2D eigenvalue weighted by Gasteiger charge is -2.37. The van der Waals surface area contributed by atoms with Crippen molar-refractivity contribution in [2.75, 3.05) is 13.6 Å². The lowest BCUT2D eigenvalue weighted by Crippen LogP contribution is -2.35. The molecule has 1 fully saturated rings. The Morgan fingerprint density at radius 3 is 2.27 bits per heavy atom. The van der Waals surface area contributed by atoms with Crippen molar-refractivity contribution < 1.29 is 0 Å². The number of likely N-dealkylation sites (N-methyl/N-ethyl adjacent to an activating group) is 1. The van der Waals surface area contributed by atoms with Crippen LogP contribution in [0.1, 0.15) is 72.1 Å². The molecular formula is C27H33N3. The number of nitrogens with zero attached hydrogens (tertiary/aromatic N) is 1. The Morgan fingerprint density at radius 1 is 0.867 bits per heavy atom. The second-order valence-electron chi connectivity index (χ2n) is 9.72. The van der Waals surface area contributed by atoms with Crippen molar-refractivity contribution in [1.29, 1.82) is 0 Å². The van der Waals surface area contributed by atoms with Crippen LogP contribution >= 0.6 is 0 Å². The van der Waals surface area contributed by atoms with Gasteiger partial charge in [0, 0.05) is 12.6 Å². The first-order valence-corrected chi connectivity index (χ1v) is 11.3. The van der Waals surface area contributed by atoms with E-state index >= 15 is 0 Å². The smallest absolute Gasteiger partial charge is 0.0784 e. The van der Waals surface area contributed by atoms with E-state index in [2.05, 4.69) is 74.3 Å². The molecule has 2 aliphatic rings. The van der Waals surface area contributed by atoms with Crippen LogP contribution in [-0.2, 0) is 6.42 Å². The Labute approximate surface area is 180 Å². The zero-order chi connectivity index (χ0) is 21.0. The molecule has 156 valence electrons. The third-order valence-electron chi connectivity index (χ3n) is 7.25. The summed E-state index contributed by atoms with van der Waals surface area (Å²) < 4.78 is 0. The van der Waals surface area contributed by atoms with E-state index in [4.69, 9.17) is 11.5 Å². The van der Waals surface area contributed by atoms with Crippen LogP contribution < -0.4 is 11.5 Å². The van der Waals surface area contributed by atoms with Gasteiger partial charge in [-0.2, -0.15) is 0 Å². The molecule has 3 nitrogen and oxygen atoms in total. The van der Waals surface area contributed by atoms with Crippen LogP contribution in [0.25, 0.3) is 10.8 Å². The second kappa shape index (κ2) is 7.49. The van der Waals surface area contributed by atoms with Crippen molar-refractivity contribution in [2.24, 2.45) is 17.4 Å². The maximum atomic E-state index is 5.84. The van der Waals surface area contributed by atoms with Gasteiger partial charge in [0.25, 0.3) is 0 Å². The molecule has 4 N–H and O–H groups in total. The number of hydrogen-bond acceptors (Lipinski definition) is 3. The van der Waals surface area contributed by atoms with E-state index in [1.807, 2.05) is 6.07 Å². The fourth-order valence-corrected chi connectivity index (χ4v) is 5.54. The topological polar surface area (TPSA) is 55.3 Å². The molecule has 3 aromatic carbocycles. The van der Waals surface area contributed by atoms with E-state index in [1.54, 1.807) is 11.1 Å². The van der Waals surface area contributed by atoms with Crippen LogP contribution in [-0.4, -0.2) is 18.5 Å². The fraction of sp³-hybridized carbons (Fsp3) is 0.407. The molecule has 0 amide bonds. The molecule has 30 heavy (non-hydrogen) atoms. The normalized spacial score (nSPS) is 23.9. The number of nitrogens with two attached hydrogens (primary N) is 2. The summed E-state index contributed by atoms with van der Waals surface area (Å²) in [5.41, 5.74) is 18.7. The summed E-state index contributed by atoms with van der Waals surface area (Å²) in [6, 6.07) is 21.0. The maximum absolute atomic E-state index is 5.84. The predicted octanol–water partition coefficient (Wildman–Crippen LogP) is 5.21. The molecule has 5 rings (SSSR count). The highest BCUT2D eigenvalue weighted by atomic mass is 15.1. The molecule has 0 radical (unpaired) electrons.